The van der Waals surface area contributed by atoms with Crippen molar-refractivity contribution in [2.75, 3.05) is 0 Å². The van der Waals surface area contributed by atoms with Crippen LogP contribution in [0.4, 0.5) is 0 Å². The van der Waals surface area contributed by atoms with Gasteiger partial charge in [0.25, 0.3) is 5.91 Å². The van der Waals surface area contributed by atoms with Crippen LogP contribution in [0.25, 0.3) is 0 Å². The second-order valence-corrected chi connectivity index (χ2v) is 3.30. The van der Waals surface area contributed by atoms with Crippen molar-refractivity contribution in [1.82, 2.24) is 4.72 Å². The Bertz CT molecular complexity index is 243. The van der Waals surface area contributed by atoms with Gasteiger partial charge in [0.05, 0.1) is 0 Å². The molecule has 0 spiro atoms. The maximum Gasteiger partial charge on any atom is 0.359 e. The Morgan fingerprint density at radius 1 is 1.46 bits per heavy atom. The Balaban J connectivity index is 0. The van der Waals surface area contributed by atoms with Crippen molar-refractivity contribution in [3.8, 4) is 0 Å². The van der Waals surface area contributed by atoms with Gasteiger partial charge in [-0.3, -0.25) is 9.35 Å². The fourth-order valence-corrected chi connectivity index (χ4v) is 0.506. The predicted molar refractivity (Wildman–Crippen MR) is 50.5 cm³/mol. The van der Waals surface area contributed by atoms with Gasteiger partial charge in [-0.1, -0.05) is 33.3 Å². The lowest BCUT2D eigenvalue weighted by Crippen LogP contribution is -2.27. The SMILES string of the molecule is C=CC(=O)NS(=O)(=O)O.CCCC. The maximum atomic E-state index is 10.1. The molecule has 5 nitrogen and oxygen atoms in total. The fourth-order valence-electron chi connectivity index (χ4n) is 0.169. The molecule has 0 rings (SSSR count). The van der Waals surface area contributed by atoms with Crippen LogP contribution < -0.4 is 4.72 Å². The quantitative estimate of drug-likeness (QED) is 0.534. The number of amides is 1. The van der Waals surface area contributed by atoms with Crippen LogP contribution in [0.2, 0.25) is 0 Å². The molecule has 13 heavy (non-hydrogen) atoms. The summed E-state index contributed by atoms with van der Waals surface area (Å²) in [6.45, 7) is 7.32. The third-order valence-electron chi connectivity index (χ3n) is 0.915. The molecule has 0 aliphatic rings. The van der Waals surface area contributed by atoms with Gasteiger partial charge in [-0.2, -0.15) is 8.42 Å². The van der Waals surface area contributed by atoms with Crippen molar-refractivity contribution in [3.63, 3.8) is 0 Å². The van der Waals surface area contributed by atoms with Crippen LogP contribution in [0.15, 0.2) is 12.7 Å². The Hall–Kier alpha value is -0.880. The van der Waals surface area contributed by atoms with E-state index in [2.05, 4.69) is 20.4 Å². The van der Waals surface area contributed by atoms with Gasteiger partial charge in [0.15, 0.2) is 0 Å². The first-order valence-electron chi connectivity index (χ1n) is 3.79. The molecule has 78 valence electrons. The molecule has 0 aromatic heterocycles. The molecule has 0 aliphatic heterocycles. The van der Waals surface area contributed by atoms with Crippen molar-refractivity contribution in [3.05, 3.63) is 12.7 Å². The van der Waals surface area contributed by atoms with Crippen LogP contribution in [-0.4, -0.2) is 18.9 Å². The molecule has 2 N–H and O–H groups in total. The largest absolute Gasteiger partial charge is 0.359 e. The highest BCUT2D eigenvalue weighted by molar-refractivity contribution is 7.84. The van der Waals surface area contributed by atoms with Gasteiger partial charge >= 0.3 is 10.3 Å². The summed E-state index contributed by atoms with van der Waals surface area (Å²) < 4.78 is 28.7. The van der Waals surface area contributed by atoms with E-state index in [-0.39, 0.29) is 0 Å². The molecule has 0 fully saturated rings. The molecule has 0 heterocycles. The molecule has 0 saturated carbocycles. The van der Waals surface area contributed by atoms with Crippen molar-refractivity contribution in [2.24, 2.45) is 0 Å². The second kappa shape index (κ2) is 7.75. The monoisotopic (exact) mass is 209 g/mol. The van der Waals surface area contributed by atoms with E-state index in [0.29, 0.717) is 0 Å². The lowest BCUT2D eigenvalue weighted by molar-refractivity contribution is -0.114. The molecule has 6 heteroatoms. The van der Waals surface area contributed by atoms with Crippen molar-refractivity contribution < 1.29 is 17.8 Å². The molecule has 0 atom stereocenters. The summed E-state index contributed by atoms with van der Waals surface area (Å²) in [5.74, 6) is -0.961. The Morgan fingerprint density at radius 3 is 1.92 bits per heavy atom. The lowest BCUT2D eigenvalue weighted by atomic mass is 10.4. The predicted octanol–water partition coefficient (Wildman–Crippen LogP) is 0.898. The summed E-state index contributed by atoms with van der Waals surface area (Å²) in [7, 11) is -4.41. The summed E-state index contributed by atoms with van der Waals surface area (Å²) in [6.07, 6.45) is 3.37. The number of hydrogen-bond acceptors (Lipinski definition) is 3. The van der Waals surface area contributed by atoms with Crippen LogP contribution in [-0.2, 0) is 15.1 Å². The molecule has 0 aromatic carbocycles. The number of unbranched alkanes of at least 4 members (excludes halogenated alkanes) is 1. The van der Waals surface area contributed by atoms with Crippen molar-refractivity contribution in [1.29, 1.82) is 0 Å². The molecule has 0 saturated heterocycles. The first kappa shape index (κ1) is 14.6. The summed E-state index contributed by atoms with van der Waals surface area (Å²) in [4.78, 5) is 10.1. The normalized spacial score (nSPS) is 9.46. The van der Waals surface area contributed by atoms with Crippen molar-refractivity contribution in [2.45, 2.75) is 26.7 Å². The second-order valence-electron chi connectivity index (χ2n) is 2.15. The average molecular weight is 209 g/mol. The van der Waals surface area contributed by atoms with Crippen LogP contribution in [0, 0.1) is 0 Å². The fraction of sp³-hybridized carbons (Fsp3) is 0.571. The van der Waals surface area contributed by atoms with E-state index < -0.39 is 16.2 Å². The van der Waals surface area contributed by atoms with E-state index in [1.165, 1.54) is 17.6 Å². The highest BCUT2D eigenvalue weighted by Crippen LogP contribution is 1.76. The third-order valence-corrected chi connectivity index (χ3v) is 1.37. The number of nitrogens with one attached hydrogen (secondary N) is 1. The zero-order valence-electron chi connectivity index (χ0n) is 7.78. The zero-order valence-corrected chi connectivity index (χ0v) is 8.60. The molecule has 0 aliphatic carbocycles. The van der Waals surface area contributed by atoms with E-state index in [0.717, 1.165) is 6.08 Å². The van der Waals surface area contributed by atoms with Crippen LogP contribution in [0.1, 0.15) is 26.7 Å². The summed E-state index contributed by atoms with van der Waals surface area (Å²) in [6, 6.07) is 0. The van der Waals surface area contributed by atoms with E-state index in [4.69, 9.17) is 4.55 Å². The zero-order chi connectivity index (χ0) is 10.9. The average Bonchev–Trinajstić information content (AvgIpc) is 2.02. The van der Waals surface area contributed by atoms with Gasteiger partial charge in [0.1, 0.15) is 0 Å². The van der Waals surface area contributed by atoms with Gasteiger partial charge in [0, 0.05) is 0 Å². The number of carbonyl (C=O) groups is 1. The minimum Gasteiger partial charge on any atom is -0.269 e. The highest BCUT2D eigenvalue weighted by Gasteiger charge is 2.04. The van der Waals surface area contributed by atoms with Crippen LogP contribution in [0.3, 0.4) is 0 Å². The number of hydrogen-bond donors (Lipinski definition) is 2. The Labute approximate surface area is 78.7 Å². The standard InChI is InChI=1S/C4H10.C3H5NO4S/c1-3-4-2;1-2-3(5)4-9(6,7)8/h3-4H2,1-2H3;2H,1H2,(H,4,5)(H,6,7,8). The molecule has 0 unspecified atom stereocenters. The van der Waals surface area contributed by atoms with Crippen molar-refractivity contribution >= 4 is 16.2 Å². The smallest absolute Gasteiger partial charge is 0.269 e. The molecule has 0 bridgehead atoms. The highest BCUT2D eigenvalue weighted by atomic mass is 32.2. The van der Waals surface area contributed by atoms with Crippen LogP contribution in [0.5, 0.6) is 0 Å². The summed E-state index contributed by atoms with van der Waals surface area (Å²) in [5.41, 5.74) is 0. The maximum absolute atomic E-state index is 10.1. The summed E-state index contributed by atoms with van der Waals surface area (Å²) in [5, 5.41) is 0. The molecule has 0 radical (unpaired) electrons. The van der Waals surface area contributed by atoms with E-state index >= 15 is 0 Å². The van der Waals surface area contributed by atoms with Gasteiger partial charge in [-0.15, -0.1) is 0 Å². The van der Waals surface area contributed by atoms with E-state index in [1.807, 2.05) is 0 Å². The molecular weight excluding hydrogens is 194 g/mol. The molecule has 1 amide bonds. The topological polar surface area (TPSA) is 83.5 Å². The molecular formula is C7H15NO4S. The first-order valence-corrected chi connectivity index (χ1v) is 5.23. The van der Waals surface area contributed by atoms with E-state index in [1.54, 1.807) is 0 Å². The van der Waals surface area contributed by atoms with Crippen LogP contribution >= 0.6 is 0 Å². The van der Waals surface area contributed by atoms with Gasteiger partial charge in [-0.25, -0.2) is 4.72 Å². The number of carbonyl (C=O) groups excluding carboxylic acids is 1. The minimum atomic E-state index is -4.41. The van der Waals surface area contributed by atoms with Gasteiger partial charge < -0.3 is 0 Å². The summed E-state index contributed by atoms with van der Waals surface area (Å²) >= 11 is 0. The minimum absolute atomic E-state index is 0.730. The Kier molecular flexibility index (Phi) is 8.73. The molecule has 0 aromatic rings. The van der Waals surface area contributed by atoms with Gasteiger partial charge in [-0.05, 0) is 6.08 Å². The van der Waals surface area contributed by atoms with Gasteiger partial charge in [0.2, 0.25) is 0 Å². The third kappa shape index (κ3) is 18.2. The Morgan fingerprint density at radius 2 is 1.85 bits per heavy atom. The number of rotatable bonds is 3. The lowest BCUT2D eigenvalue weighted by Gasteiger charge is -1.92. The van der Waals surface area contributed by atoms with E-state index in [9.17, 15) is 13.2 Å². The first-order chi connectivity index (χ1) is 5.87.